The minimum atomic E-state index is -0.517. The topological polar surface area (TPSA) is 59.8 Å². The first-order valence-electron chi connectivity index (χ1n) is 8.07. The van der Waals surface area contributed by atoms with E-state index in [-0.39, 0.29) is 10.6 Å². The maximum atomic E-state index is 13.5. The monoisotopic (exact) mass is 360 g/mol. The third-order valence-electron chi connectivity index (χ3n) is 4.02. The van der Waals surface area contributed by atoms with Gasteiger partial charge in [-0.15, -0.1) is 0 Å². The zero-order valence-corrected chi connectivity index (χ0v) is 15.0. The molecule has 0 amide bonds. The van der Waals surface area contributed by atoms with Crippen LogP contribution >= 0.6 is 11.6 Å². The maximum absolute atomic E-state index is 13.5. The van der Waals surface area contributed by atoms with E-state index in [0.29, 0.717) is 35.8 Å². The Morgan fingerprint density at radius 3 is 2.64 bits per heavy atom. The van der Waals surface area contributed by atoms with E-state index < -0.39 is 5.82 Å². The van der Waals surface area contributed by atoms with Crippen LogP contribution in [0.5, 0.6) is 0 Å². The van der Waals surface area contributed by atoms with Crippen LogP contribution in [0.25, 0.3) is 22.2 Å². The minimum absolute atomic E-state index is 0.0180. The largest absolute Gasteiger partial charge is 0.354 e. The van der Waals surface area contributed by atoms with Gasteiger partial charge in [0.05, 0.1) is 10.7 Å². The highest BCUT2D eigenvalue weighted by atomic mass is 35.5. The molecule has 0 aliphatic rings. The van der Waals surface area contributed by atoms with Gasteiger partial charge in [-0.1, -0.05) is 17.7 Å². The van der Waals surface area contributed by atoms with E-state index in [2.05, 4.69) is 15.3 Å². The van der Waals surface area contributed by atoms with Crippen molar-refractivity contribution in [2.24, 2.45) is 0 Å². The molecule has 0 unspecified atom stereocenters. The molecule has 0 bridgehead atoms. The summed E-state index contributed by atoms with van der Waals surface area (Å²) in [5.41, 5.74) is 2.15. The van der Waals surface area contributed by atoms with Gasteiger partial charge in [-0.05, 0) is 44.5 Å². The summed E-state index contributed by atoms with van der Waals surface area (Å²) < 4.78 is 15.0. The van der Waals surface area contributed by atoms with E-state index >= 15 is 0 Å². The van der Waals surface area contributed by atoms with Crippen LogP contribution in [0.3, 0.4) is 0 Å². The molecular weight excluding hydrogens is 343 g/mol. The van der Waals surface area contributed by atoms with Gasteiger partial charge in [0.1, 0.15) is 11.5 Å². The number of hydrogen-bond donors (Lipinski definition) is 1. The third-order valence-corrected chi connectivity index (χ3v) is 4.31. The molecule has 2 aromatic heterocycles. The molecule has 0 fully saturated rings. The summed E-state index contributed by atoms with van der Waals surface area (Å²) in [6.45, 7) is 6.86. The van der Waals surface area contributed by atoms with E-state index in [1.165, 1.54) is 12.1 Å². The van der Waals surface area contributed by atoms with Gasteiger partial charge < -0.3 is 5.32 Å². The predicted octanol–water partition coefficient (Wildman–Crippen LogP) is 4.01. The van der Waals surface area contributed by atoms with Crippen LogP contribution in [-0.2, 0) is 6.54 Å². The van der Waals surface area contributed by atoms with E-state index in [9.17, 15) is 9.18 Å². The van der Waals surface area contributed by atoms with Gasteiger partial charge in [0.25, 0.3) is 5.56 Å². The molecule has 3 aromatic rings. The number of hydrogen-bond acceptors (Lipinski definition) is 4. The molecule has 0 spiro atoms. The van der Waals surface area contributed by atoms with Gasteiger partial charge in [0.2, 0.25) is 5.95 Å². The Balaban J connectivity index is 2.33. The Hall–Kier alpha value is -2.47. The molecule has 0 saturated carbocycles. The third kappa shape index (κ3) is 3.09. The molecule has 0 aliphatic heterocycles. The molecule has 0 saturated heterocycles. The number of anilines is 1. The second-order valence-electron chi connectivity index (χ2n) is 5.64. The normalized spacial score (nSPS) is 11.1. The summed E-state index contributed by atoms with van der Waals surface area (Å²) in [5, 5.41) is 3.83. The Bertz CT molecular complexity index is 1020. The Labute approximate surface area is 149 Å². The van der Waals surface area contributed by atoms with Gasteiger partial charge >= 0.3 is 0 Å². The lowest BCUT2D eigenvalue weighted by Gasteiger charge is -2.13. The first-order chi connectivity index (χ1) is 12.0. The number of halogens is 2. The summed E-state index contributed by atoms with van der Waals surface area (Å²) in [7, 11) is 0. The number of fused-ring (bicyclic) bond motifs is 1. The highest BCUT2D eigenvalue weighted by Crippen LogP contribution is 2.26. The molecule has 2 heterocycles. The molecule has 130 valence electrons. The second kappa shape index (κ2) is 6.80. The molecular formula is C18H18ClFN4O. The lowest BCUT2D eigenvalue weighted by atomic mass is 10.1. The number of aryl methyl sites for hydroxylation is 2. The number of pyridine rings is 1. The van der Waals surface area contributed by atoms with Crippen molar-refractivity contribution in [3.05, 3.63) is 51.2 Å². The van der Waals surface area contributed by atoms with Crippen molar-refractivity contribution in [2.45, 2.75) is 27.3 Å². The van der Waals surface area contributed by atoms with E-state index in [4.69, 9.17) is 11.6 Å². The van der Waals surface area contributed by atoms with E-state index in [0.717, 1.165) is 11.1 Å². The smallest absolute Gasteiger partial charge is 0.260 e. The SMILES string of the molecule is CCNc1nc(C)c2cc(-c3ccc(F)c(Cl)c3)c(=O)n(CC)c2n1. The van der Waals surface area contributed by atoms with Crippen molar-refractivity contribution in [1.29, 1.82) is 0 Å². The van der Waals surface area contributed by atoms with Crippen molar-refractivity contribution in [1.82, 2.24) is 14.5 Å². The Kier molecular flexibility index (Phi) is 4.72. The van der Waals surface area contributed by atoms with Gasteiger partial charge in [-0.2, -0.15) is 4.98 Å². The fourth-order valence-electron chi connectivity index (χ4n) is 2.79. The lowest BCUT2D eigenvalue weighted by molar-refractivity contribution is 0.628. The van der Waals surface area contributed by atoms with Crippen molar-refractivity contribution in [3.8, 4) is 11.1 Å². The summed E-state index contributed by atoms with van der Waals surface area (Å²) in [6.07, 6.45) is 0. The molecule has 1 N–H and O–H groups in total. The number of nitrogens with zero attached hydrogens (tertiary/aromatic N) is 3. The van der Waals surface area contributed by atoms with Gasteiger partial charge in [-0.3, -0.25) is 9.36 Å². The van der Waals surface area contributed by atoms with Gasteiger partial charge in [-0.25, -0.2) is 9.37 Å². The number of benzene rings is 1. The summed E-state index contributed by atoms with van der Waals surface area (Å²) >= 11 is 5.88. The second-order valence-corrected chi connectivity index (χ2v) is 6.04. The highest BCUT2D eigenvalue weighted by Gasteiger charge is 2.15. The first kappa shape index (κ1) is 17.4. The van der Waals surface area contributed by atoms with Gasteiger partial charge in [0.15, 0.2) is 0 Å². The molecule has 0 radical (unpaired) electrons. The van der Waals surface area contributed by atoms with Crippen LogP contribution in [0.1, 0.15) is 19.5 Å². The molecule has 7 heteroatoms. The molecule has 3 rings (SSSR count). The fourth-order valence-corrected chi connectivity index (χ4v) is 2.97. The quantitative estimate of drug-likeness (QED) is 0.763. The minimum Gasteiger partial charge on any atom is -0.354 e. The maximum Gasteiger partial charge on any atom is 0.260 e. The average Bonchev–Trinajstić information content (AvgIpc) is 2.57. The molecule has 0 atom stereocenters. The van der Waals surface area contributed by atoms with Crippen molar-refractivity contribution < 1.29 is 4.39 Å². The molecule has 5 nitrogen and oxygen atoms in total. The Morgan fingerprint density at radius 1 is 1.24 bits per heavy atom. The van der Waals surface area contributed by atoms with Crippen LogP contribution in [0.4, 0.5) is 10.3 Å². The van der Waals surface area contributed by atoms with Crippen LogP contribution in [0.2, 0.25) is 5.02 Å². The Morgan fingerprint density at radius 2 is 2.00 bits per heavy atom. The predicted molar refractivity (Wildman–Crippen MR) is 98.8 cm³/mol. The van der Waals surface area contributed by atoms with Crippen molar-refractivity contribution >= 4 is 28.6 Å². The molecule has 0 aliphatic carbocycles. The van der Waals surface area contributed by atoms with E-state index in [1.807, 2.05) is 20.8 Å². The lowest BCUT2D eigenvalue weighted by Crippen LogP contribution is -2.23. The first-order valence-corrected chi connectivity index (χ1v) is 8.45. The summed E-state index contributed by atoms with van der Waals surface area (Å²) in [6, 6.07) is 6.02. The molecule has 25 heavy (non-hydrogen) atoms. The summed E-state index contributed by atoms with van der Waals surface area (Å²) in [4.78, 5) is 21.9. The molecule has 1 aromatic carbocycles. The zero-order valence-electron chi connectivity index (χ0n) is 14.2. The van der Waals surface area contributed by atoms with E-state index in [1.54, 1.807) is 16.7 Å². The van der Waals surface area contributed by atoms with Crippen molar-refractivity contribution in [2.75, 3.05) is 11.9 Å². The average molecular weight is 361 g/mol. The number of aromatic nitrogens is 3. The zero-order chi connectivity index (χ0) is 18.1. The number of nitrogens with one attached hydrogen (secondary N) is 1. The standard InChI is InChI=1S/C18H18ClFN4O/c1-4-21-18-22-10(3)12-9-13(11-6-7-15(20)14(19)8-11)17(25)24(5-2)16(12)23-18/h6-9H,4-5H2,1-3H3,(H,21,22,23). The fraction of sp³-hybridized carbons (Fsp3) is 0.278. The van der Waals surface area contributed by atoms with Crippen LogP contribution < -0.4 is 10.9 Å². The number of rotatable bonds is 4. The van der Waals surface area contributed by atoms with Crippen LogP contribution in [0, 0.1) is 12.7 Å². The van der Waals surface area contributed by atoms with Gasteiger partial charge in [0, 0.05) is 24.0 Å². The van der Waals surface area contributed by atoms with Crippen molar-refractivity contribution in [3.63, 3.8) is 0 Å². The highest BCUT2D eigenvalue weighted by molar-refractivity contribution is 6.31. The van der Waals surface area contributed by atoms with Crippen LogP contribution in [-0.4, -0.2) is 21.1 Å². The summed E-state index contributed by atoms with van der Waals surface area (Å²) in [5.74, 6) is -0.0245. The van der Waals surface area contributed by atoms with Crippen LogP contribution in [0.15, 0.2) is 29.1 Å².